The quantitative estimate of drug-likeness (QED) is 0.912. The molecule has 1 amide bonds. The largest absolute Gasteiger partial charge is 0.481 e. The van der Waals surface area contributed by atoms with Crippen molar-refractivity contribution in [2.75, 3.05) is 13.1 Å². The fraction of sp³-hybridized carbons (Fsp3) is 0.500. The highest BCUT2D eigenvalue weighted by molar-refractivity contribution is 6.29. The minimum absolute atomic E-state index is 0.152. The van der Waals surface area contributed by atoms with Crippen LogP contribution in [-0.4, -0.2) is 35.0 Å². The number of carboxylic acid groups (broad SMARTS) is 1. The zero-order valence-corrected chi connectivity index (χ0v) is 10.5. The van der Waals surface area contributed by atoms with E-state index >= 15 is 0 Å². The summed E-state index contributed by atoms with van der Waals surface area (Å²) in [5, 5.41) is 8.81. The summed E-state index contributed by atoms with van der Waals surface area (Å²) in [4.78, 5) is 24.2. The molecule has 18 heavy (non-hydrogen) atoms. The number of halogens is 1. The molecule has 1 saturated heterocycles. The second-order valence-corrected chi connectivity index (χ2v) is 4.81. The highest BCUT2D eigenvalue weighted by Crippen LogP contribution is 2.24. The summed E-state index contributed by atoms with van der Waals surface area (Å²) in [6.45, 7) is 1.23. The van der Waals surface area contributed by atoms with E-state index in [0.29, 0.717) is 19.5 Å². The predicted molar refractivity (Wildman–Crippen MR) is 64.6 cm³/mol. The van der Waals surface area contributed by atoms with Gasteiger partial charge in [-0.05, 0) is 42.5 Å². The zero-order valence-electron chi connectivity index (χ0n) is 9.76. The van der Waals surface area contributed by atoms with Crippen molar-refractivity contribution in [3.05, 3.63) is 23.1 Å². The Bertz CT molecular complexity index is 457. The van der Waals surface area contributed by atoms with Gasteiger partial charge in [0.2, 0.25) is 0 Å². The Labute approximate surface area is 109 Å². The summed E-state index contributed by atoms with van der Waals surface area (Å²) < 4.78 is 5.07. The minimum Gasteiger partial charge on any atom is -0.481 e. The lowest BCUT2D eigenvalue weighted by Gasteiger charge is -2.14. The van der Waals surface area contributed by atoms with Gasteiger partial charge in [-0.25, -0.2) is 0 Å². The molecular formula is C12H14ClNO4. The lowest BCUT2D eigenvalue weighted by Crippen LogP contribution is -2.28. The molecular weight excluding hydrogens is 258 g/mol. The molecule has 1 atom stereocenters. The van der Waals surface area contributed by atoms with E-state index in [9.17, 15) is 9.59 Å². The van der Waals surface area contributed by atoms with Gasteiger partial charge in [0, 0.05) is 19.5 Å². The molecule has 0 aromatic carbocycles. The number of rotatable bonds is 4. The van der Waals surface area contributed by atoms with Gasteiger partial charge in [-0.2, -0.15) is 0 Å². The van der Waals surface area contributed by atoms with Crippen LogP contribution < -0.4 is 0 Å². The monoisotopic (exact) mass is 271 g/mol. The Kier molecular flexibility index (Phi) is 3.91. The topological polar surface area (TPSA) is 70.8 Å². The summed E-state index contributed by atoms with van der Waals surface area (Å²) in [6.07, 6.45) is 1.60. The lowest BCUT2D eigenvalue weighted by atomic mass is 10.0. The molecule has 1 aromatic heterocycles. The van der Waals surface area contributed by atoms with Crippen molar-refractivity contribution in [2.24, 2.45) is 5.92 Å². The molecule has 1 aromatic rings. The van der Waals surface area contributed by atoms with Crippen LogP contribution in [0.3, 0.4) is 0 Å². The highest BCUT2D eigenvalue weighted by atomic mass is 35.5. The van der Waals surface area contributed by atoms with E-state index in [-0.39, 0.29) is 29.2 Å². The number of aliphatic carboxylic acids is 1. The number of nitrogens with zero attached hydrogens (tertiary/aromatic N) is 1. The minimum atomic E-state index is -0.794. The number of carbonyl (C=O) groups excluding carboxylic acids is 1. The normalized spacial score (nSPS) is 19.2. The van der Waals surface area contributed by atoms with E-state index < -0.39 is 5.97 Å². The van der Waals surface area contributed by atoms with Crippen LogP contribution in [0.5, 0.6) is 0 Å². The van der Waals surface area contributed by atoms with E-state index in [1.165, 1.54) is 6.07 Å². The molecule has 1 unspecified atom stereocenters. The number of amides is 1. The summed E-state index contributed by atoms with van der Waals surface area (Å²) in [6, 6.07) is 3.09. The van der Waals surface area contributed by atoms with E-state index in [1.807, 2.05) is 0 Å². The molecule has 2 rings (SSSR count). The van der Waals surface area contributed by atoms with Crippen LogP contribution in [0.2, 0.25) is 5.22 Å². The van der Waals surface area contributed by atoms with Crippen LogP contribution in [0.15, 0.2) is 16.5 Å². The van der Waals surface area contributed by atoms with Gasteiger partial charge in [-0.1, -0.05) is 0 Å². The average molecular weight is 272 g/mol. The van der Waals surface area contributed by atoms with Gasteiger partial charge in [0.05, 0.1) is 0 Å². The highest BCUT2D eigenvalue weighted by Gasteiger charge is 2.28. The second-order valence-electron chi connectivity index (χ2n) is 4.44. The van der Waals surface area contributed by atoms with Crippen molar-refractivity contribution in [3.8, 4) is 0 Å². The Hall–Kier alpha value is -1.49. The van der Waals surface area contributed by atoms with Gasteiger partial charge in [-0.3, -0.25) is 9.59 Å². The fourth-order valence-corrected chi connectivity index (χ4v) is 2.31. The molecule has 1 aliphatic rings. The van der Waals surface area contributed by atoms with Gasteiger partial charge >= 0.3 is 5.97 Å². The summed E-state index contributed by atoms with van der Waals surface area (Å²) >= 11 is 5.62. The SMILES string of the molecule is O=C(O)CCC1CCN(C(=O)c2ccc(Cl)o2)C1. The average Bonchev–Trinajstić information content (AvgIpc) is 2.94. The van der Waals surface area contributed by atoms with Crippen molar-refractivity contribution in [3.63, 3.8) is 0 Å². The van der Waals surface area contributed by atoms with Crippen LogP contribution in [-0.2, 0) is 4.79 Å². The molecule has 0 spiro atoms. The maximum Gasteiger partial charge on any atom is 0.303 e. The second kappa shape index (κ2) is 5.44. The van der Waals surface area contributed by atoms with Crippen molar-refractivity contribution in [1.29, 1.82) is 0 Å². The molecule has 6 heteroatoms. The maximum atomic E-state index is 12.0. The first-order valence-electron chi connectivity index (χ1n) is 5.82. The number of hydrogen-bond donors (Lipinski definition) is 1. The number of furan rings is 1. The third kappa shape index (κ3) is 3.04. The molecule has 98 valence electrons. The molecule has 0 bridgehead atoms. The smallest absolute Gasteiger partial charge is 0.303 e. The molecule has 1 fully saturated rings. The fourth-order valence-electron chi connectivity index (χ4n) is 2.17. The van der Waals surface area contributed by atoms with Crippen molar-refractivity contribution in [1.82, 2.24) is 4.90 Å². The van der Waals surface area contributed by atoms with Crippen molar-refractivity contribution >= 4 is 23.5 Å². The first-order chi connectivity index (χ1) is 8.56. The zero-order chi connectivity index (χ0) is 13.1. The molecule has 1 aliphatic heterocycles. The van der Waals surface area contributed by atoms with Gasteiger partial charge < -0.3 is 14.4 Å². The molecule has 0 saturated carbocycles. The molecule has 5 nitrogen and oxygen atoms in total. The van der Waals surface area contributed by atoms with Gasteiger partial charge in [0.15, 0.2) is 11.0 Å². The Morgan fingerprint density at radius 1 is 1.50 bits per heavy atom. The summed E-state index contributed by atoms with van der Waals surface area (Å²) in [7, 11) is 0. The summed E-state index contributed by atoms with van der Waals surface area (Å²) in [5.74, 6) is -0.480. The van der Waals surface area contributed by atoms with Crippen molar-refractivity contribution in [2.45, 2.75) is 19.3 Å². The first-order valence-corrected chi connectivity index (χ1v) is 6.20. The van der Waals surface area contributed by atoms with E-state index in [2.05, 4.69) is 0 Å². The van der Waals surface area contributed by atoms with Crippen molar-refractivity contribution < 1.29 is 19.1 Å². The van der Waals surface area contributed by atoms with Crippen LogP contribution in [0.1, 0.15) is 29.8 Å². The standard InChI is InChI=1S/C12H14ClNO4/c13-10-3-2-9(18-10)12(17)14-6-5-8(7-14)1-4-11(15)16/h2-3,8H,1,4-7H2,(H,15,16). The van der Waals surface area contributed by atoms with E-state index in [0.717, 1.165) is 6.42 Å². The first kappa shape index (κ1) is 13.0. The number of carboxylic acids is 1. The van der Waals surface area contributed by atoms with Crippen LogP contribution >= 0.6 is 11.6 Å². The van der Waals surface area contributed by atoms with Gasteiger partial charge in [-0.15, -0.1) is 0 Å². The Balaban J connectivity index is 1.88. The van der Waals surface area contributed by atoms with Gasteiger partial charge in [0.1, 0.15) is 0 Å². The lowest BCUT2D eigenvalue weighted by molar-refractivity contribution is -0.137. The molecule has 0 aliphatic carbocycles. The Morgan fingerprint density at radius 2 is 2.28 bits per heavy atom. The third-order valence-corrected chi connectivity index (χ3v) is 3.33. The van der Waals surface area contributed by atoms with Crippen LogP contribution in [0.25, 0.3) is 0 Å². The van der Waals surface area contributed by atoms with E-state index in [1.54, 1.807) is 11.0 Å². The maximum absolute atomic E-state index is 12.0. The van der Waals surface area contributed by atoms with Crippen LogP contribution in [0, 0.1) is 5.92 Å². The summed E-state index contributed by atoms with van der Waals surface area (Å²) in [5.41, 5.74) is 0. The predicted octanol–water partition coefficient (Wildman–Crippen LogP) is 2.26. The third-order valence-electron chi connectivity index (χ3n) is 3.12. The molecule has 2 heterocycles. The molecule has 0 radical (unpaired) electrons. The number of hydrogen-bond acceptors (Lipinski definition) is 3. The number of likely N-dealkylation sites (tertiary alicyclic amines) is 1. The number of carbonyl (C=O) groups is 2. The Morgan fingerprint density at radius 3 is 2.89 bits per heavy atom. The van der Waals surface area contributed by atoms with Crippen LogP contribution in [0.4, 0.5) is 0 Å². The van der Waals surface area contributed by atoms with E-state index in [4.69, 9.17) is 21.1 Å². The van der Waals surface area contributed by atoms with Gasteiger partial charge in [0.25, 0.3) is 5.91 Å². The molecule has 1 N–H and O–H groups in total.